The Bertz CT molecular complexity index is 751. The van der Waals surface area contributed by atoms with Gasteiger partial charge in [-0.05, 0) is 13.1 Å². The van der Waals surface area contributed by atoms with Crippen LogP contribution in [0.5, 0.6) is 0 Å². The summed E-state index contributed by atoms with van der Waals surface area (Å²) >= 11 is 0. The van der Waals surface area contributed by atoms with Crippen LogP contribution in [-0.4, -0.2) is 67.9 Å². The second-order valence-electron chi connectivity index (χ2n) is 6.40. The van der Waals surface area contributed by atoms with E-state index >= 15 is 0 Å². The number of rotatable bonds is 0. The van der Waals surface area contributed by atoms with Crippen molar-refractivity contribution >= 4 is 23.5 Å². The van der Waals surface area contributed by atoms with E-state index in [1.54, 1.807) is 11.9 Å². The summed E-state index contributed by atoms with van der Waals surface area (Å²) in [6.45, 7) is 3.54. The fourth-order valence-electron chi connectivity index (χ4n) is 3.43. The summed E-state index contributed by atoms with van der Waals surface area (Å²) < 4.78 is 0. The number of anilines is 1. The minimum absolute atomic E-state index is 0.181. The Hall–Kier alpha value is -2.61. The van der Waals surface area contributed by atoms with Crippen molar-refractivity contribution in [3.63, 3.8) is 0 Å². The minimum atomic E-state index is -1.31. The third-order valence-electron chi connectivity index (χ3n) is 4.84. The molecule has 3 aliphatic rings. The Morgan fingerprint density at radius 3 is 2.58 bits per heavy atom. The number of likely N-dealkylation sites (N-methyl/N-ethyl adjacent to an activating group) is 2. The lowest BCUT2D eigenvalue weighted by molar-refractivity contribution is -0.122. The number of hydrogen-bond donors (Lipinski definition) is 2. The molecule has 1 aromatic carbocycles. The molecule has 1 saturated heterocycles. The van der Waals surface area contributed by atoms with Gasteiger partial charge in [0.25, 0.3) is 11.6 Å². The molecule has 1 aromatic rings. The van der Waals surface area contributed by atoms with Crippen LogP contribution >= 0.6 is 0 Å². The first kappa shape index (κ1) is 14.9. The van der Waals surface area contributed by atoms with Crippen molar-refractivity contribution in [2.24, 2.45) is 15.7 Å². The molecule has 1 atom stereocenters. The monoisotopic (exact) mass is 327 g/mol. The second kappa shape index (κ2) is 5.20. The van der Waals surface area contributed by atoms with Gasteiger partial charge in [-0.15, -0.1) is 0 Å². The first-order valence-electron chi connectivity index (χ1n) is 8.04. The lowest BCUT2D eigenvalue weighted by Gasteiger charge is -2.37. The van der Waals surface area contributed by atoms with Crippen LogP contribution in [0.4, 0.5) is 5.69 Å². The first-order chi connectivity index (χ1) is 11.5. The highest BCUT2D eigenvalue weighted by Gasteiger charge is 2.52. The van der Waals surface area contributed by atoms with Crippen LogP contribution in [0.3, 0.4) is 0 Å². The Morgan fingerprint density at radius 1 is 1.12 bits per heavy atom. The summed E-state index contributed by atoms with van der Waals surface area (Å²) in [5.41, 5.74) is 6.32. The highest BCUT2D eigenvalue weighted by atomic mass is 16.2. The van der Waals surface area contributed by atoms with Crippen LogP contribution in [0.1, 0.15) is 5.56 Å². The molecule has 1 spiro atoms. The van der Waals surface area contributed by atoms with Gasteiger partial charge in [-0.25, -0.2) is 9.98 Å². The van der Waals surface area contributed by atoms with Crippen molar-refractivity contribution in [3.8, 4) is 0 Å². The fourth-order valence-corrected chi connectivity index (χ4v) is 3.43. The van der Waals surface area contributed by atoms with Crippen molar-refractivity contribution in [2.45, 2.75) is 5.66 Å². The Labute approximate surface area is 140 Å². The minimum Gasteiger partial charge on any atom is -0.370 e. The number of piperazine rings is 1. The van der Waals surface area contributed by atoms with Gasteiger partial charge in [-0.2, -0.15) is 0 Å². The fraction of sp³-hybridized carbons (Fsp3) is 0.438. The van der Waals surface area contributed by atoms with E-state index in [1.807, 2.05) is 24.3 Å². The molecule has 0 unspecified atom stereocenters. The highest BCUT2D eigenvalue weighted by molar-refractivity contribution is 6.12. The zero-order chi connectivity index (χ0) is 16.9. The van der Waals surface area contributed by atoms with E-state index in [2.05, 4.69) is 27.2 Å². The average molecular weight is 327 g/mol. The molecule has 3 heterocycles. The molecule has 3 aliphatic heterocycles. The lowest BCUT2D eigenvalue weighted by atomic mass is 10.0. The van der Waals surface area contributed by atoms with E-state index in [0.29, 0.717) is 5.96 Å². The van der Waals surface area contributed by atoms with E-state index in [0.717, 1.165) is 37.4 Å². The SMILES string of the molecule is CN1CCN(C2=N[C@@]3(N=C(N)N2)C(=O)N(C)c2ccccc23)CC1. The number of benzene rings is 1. The molecule has 8 nitrogen and oxygen atoms in total. The number of nitrogens with one attached hydrogen (secondary N) is 1. The maximum Gasteiger partial charge on any atom is 0.282 e. The number of hydrogen-bond acceptors (Lipinski definition) is 7. The van der Waals surface area contributed by atoms with Crippen LogP contribution < -0.4 is 16.0 Å². The molecule has 0 bridgehead atoms. The normalized spacial score (nSPS) is 27.0. The van der Waals surface area contributed by atoms with Crippen molar-refractivity contribution in [1.82, 2.24) is 15.1 Å². The predicted molar refractivity (Wildman–Crippen MR) is 92.8 cm³/mol. The van der Waals surface area contributed by atoms with Crippen molar-refractivity contribution in [2.75, 3.05) is 45.2 Å². The lowest BCUT2D eigenvalue weighted by Crippen LogP contribution is -2.57. The summed E-state index contributed by atoms with van der Waals surface area (Å²) in [5, 5.41) is 3.03. The molecule has 8 heteroatoms. The molecule has 24 heavy (non-hydrogen) atoms. The maximum atomic E-state index is 13.0. The first-order valence-corrected chi connectivity index (χ1v) is 8.04. The molecule has 0 aliphatic carbocycles. The van der Waals surface area contributed by atoms with E-state index in [-0.39, 0.29) is 11.9 Å². The van der Waals surface area contributed by atoms with Crippen molar-refractivity contribution in [1.29, 1.82) is 0 Å². The third kappa shape index (κ3) is 2.06. The second-order valence-corrected chi connectivity index (χ2v) is 6.40. The van der Waals surface area contributed by atoms with Gasteiger partial charge in [-0.3, -0.25) is 10.1 Å². The molecule has 0 saturated carbocycles. The molecule has 1 fully saturated rings. The van der Waals surface area contributed by atoms with Crippen LogP contribution in [0.2, 0.25) is 0 Å². The summed E-state index contributed by atoms with van der Waals surface area (Å²) in [5.74, 6) is 0.659. The van der Waals surface area contributed by atoms with Gasteiger partial charge < -0.3 is 20.4 Å². The summed E-state index contributed by atoms with van der Waals surface area (Å²) in [4.78, 5) is 28.1. The van der Waals surface area contributed by atoms with Crippen molar-refractivity contribution in [3.05, 3.63) is 29.8 Å². The number of aliphatic imine (C=N–C) groups is 2. The largest absolute Gasteiger partial charge is 0.370 e. The summed E-state index contributed by atoms with van der Waals surface area (Å²) in [6, 6.07) is 7.59. The van der Waals surface area contributed by atoms with Gasteiger partial charge in [0.05, 0.1) is 5.69 Å². The van der Waals surface area contributed by atoms with Gasteiger partial charge >= 0.3 is 0 Å². The Morgan fingerprint density at radius 2 is 1.83 bits per heavy atom. The van der Waals surface area contributed by atoms with Crippen molar-refractivity contribution < 1.29 is 4.79 Å². The standard InChI is InChI=1S/C16H21N7O/c1-21-7-9-23(10-8-21)15-18-14(17)19-16(20-15)11-5-3-4-6-12(11)22(2)13(16)24/h3-6H,7-10H2,1-2H3,(H3,17,18,19,20)/t16-/m1/s1. The van der Waals surface area contributed by atoms with Crippen LogP contribution in [0.25, 0.3) is 0 Å². The highest BCUT2D eigenvalue weighted by Crippen LogP contribution is 2.43. The molecule has 4 rings (SSSR count). The number of fused-ring (bicyclic) bond motifs is 2. The van der Waals surface area contributed by atoms with Crippen LogP contribution in [0.15, 0.2) is 34.3 Å². The van der Waals surface area contributed by atoms with E-state index in [9.17, 15) is 4.79 Å². The maximum absolute atomic E-state index is 13.0. The average Bonchev–Trinajstić information content (AvgIpc) is 2.78. The summed E-state index contributed by atoms with van der Waals surface area (Å²) in [6.07, 6.45) is 0. The van der Waals surface area contributed by atoms with E-state index in [4.69, 9.17) is 10.7 Å². The third-order valence-corrected chi connectivity index (χ3v) is 4.84. The predicted octanol–water partition coefficient (Wildman–Crippen LogP) is -0.663. The van der Waals surface area contributed by atoms with Crippen LogP contribution in [0, 0.1) is 0 Å². The zero-order valence-electron chi connectivity index (χ0n) is 13.9. The quantitative estimate of drug-likeness (QED) is 0.660. The molecule has 126 valence electrons. The molecule has 0 aromatic heterocycles. The molecular formula is C16H21N7O. The van der Waals surface area contributed by atoms with Gasteiger partial charge in [-0.1, -0.05) is 18.2 Å². The number of nitrogens with two attached hydrogens (primary N) is 1. The van der Waals surface area contributed by atoms with Gasteiger partial charge in [0.15, 0.2) is 5.96 Å². The van der Waals surface area contributed by atoms with E-state index < -0.39 is 5.66 Å². The van der Waals surface area contributed by atoms with Gasteiger partial charge in [0, 0.05) is 38.8 Å². The number of para-hydroxylation sites is 1. The number of nitrogens with zero attached hydrogens (tertiary/aromatic N) is 5. The number of carbonyl (C=O) groups is 1. The topological polar surface area (TPSA) is 89.6 Å². The number of amides is 1. The van der Waals surface area contributed by atoms with Crippen LogP contribution in [-0.2, 0) is 10.5 Å². The summed E-state index contributed by atoms with van der Waals surface area (Å²) in [7, 11) is 3.84. The Kier molecular flexibility index (Phi) is 3.24. The van der Waals surface area contributed by atoms with E-state index in [1.165, 1.54) is 0 Å². The Balaban J connectivity index is 1.79. The molecule has 3 N–H and O–H groups in total. The molecular weight excluding hydrogens is 306 g/mol. The smallest absolute Gasteiger partial charge is 0.282 e. The number of carbonyl (C=O) groups excluding carboxylic acids is 1. The van der Waals surface area contributed by atoms with Gasteiger partial charge in [0.2, 0.25) is 5.96 Å². The van der Waals surface area contributed by atoms with Gasteiger partial charge in [0.1, 0.15) is 0 Å². The molecule has 0 radical (unpaired) electrons. The zero-order valence-corrected chi connectivity index (χ0v) is 13.9. The number of guanidine groups is 2. The molecule has 1 amide bonds.